The molecule has 3 rings (SSSR count). The summed E-state index contributed by atoms with van der Waals surface area (Å²) in [5.41, 5.74) is 1.32. The molecule has 6 nitrogen and oxygen atoms in total. The number of hydrogen-bond donors (Lipinski definition) is 1. The largest absolute Gasteiger partial charge is 0.461 e. The molecule has 0 atom stereocenters. The Kier molecular flexibility index (Phi) is 4.74. The molecule has 24 heavy (non-hydrogen) atoms. The summed E-state index contributed by atoms with van der Waals surface area (Å²) in [5, 5.41) is 3.90. The van der Waals surface area contributed by atoms with Crippen LogP contribution in [0.2, 0.25) is 0 Å². The minimum atomic E-state index is -0.279. The molecule has 2 amide bonds. The maximum Gasteiger partial charge on any atom is 0.409 e. The number of benzene rings is 1. The van der Waals surface area contributed by atoms with Gasteiger partial charge in [-0.1, -0.05) is 18.2 Å². The smallest absolute Gasteiger partial charge is 0.409 e. The predicted octanol–water partition coefficient (Wildman–Crippen LogP) is 3.09. The number of amides is 2. The van der Waals surface area contributed by atoms with Crippen molar-refractivity contribution in [3.05, 3.63) is 35.6 Å². The van der Waals surface area contributed by atoms with Crippen molar-refractivity contribution in [2.45, 2.75) is 32.7 Å². The van der Waals surface area contributed by atoms with Gasteiger partial charge in [-0.25, -0.2) is 4.79 Å². The van der Waals surface area contributed by atoms with E-state index in [1.807, 2.05) is 24.3 Å². The number of ether oxygens (including phenoxy) is 1. The summed E-state index contributed by atoms with van der Waals surface area (Å²) in [7, 11) is 0. The van der Waals surface area contributed by atoms with E-state index in [4.69, 9.17) is 9.15 Å². The fourth-order valence-electron chi connectivity index (χ4n) is 3.13. The van der Waals surface area contributed by atoms with Crippen LogP contribution in [0.15, 0.2) is 28.7 Å². The Morgan fingerprint density at radius 3 is 2.71 bits per heavy atom. The van der Waals surface area contributed by atoms with Crippen LogP contribution in [-0.4, -0.2) is 42.6 Å². The first kappa shape index (κ1) is 16.4. The maximum atomic E-state index is 12.7. The van der Waals surface area contributed by atoms with E-state index >= 15 is 0 Å². The van der Waals surface area contributed by atoms with E-state index in [-0.39, 0.29) is 18.0 Å². The number of likely N-dealkylation sites (tertiary alicyclic amines) is 1. The lowest BCUT2D eigenvalue weighted by molar-refractivity contribution is 0.0860. The van der Waals surface area contributed by atoms with Gasteiger partial charge in [0.25, 0.3) is 5.91 Å². The van der Waals surface area contributed by atoms with Crippen LogP contribution in [-0.2, 0) is 4.74 Å². The van der Waals surface area contributed by atoms with Crippen molar-refractivity contribution in [2.75, 3.05) is 19.7 Å². The number of furan rings is 1. The molecular formula is C18H22N2O4. The Labute approximate surface area is 140 Å². The summed E-state index contributed by atoms with van der Waals surface area (Å²) >= 11 is 0. The van der Waals surface area contributed by atoms with Crippen molar-refractivity contribution in [1.82, 2.24) is 10.2 Å². The normalized spacial score (nSPS) is 15.5. The molecule has 1 fully saturated rings. The fourth-order valence-corrected chi connectivity index (χ4v) is 3.13. The molecule has 0 spiro atoms. The van der Waals surface area contributed by atoms with Crippen LogP contribution in [0.1, 0.15) is 35.9 Å². The van der Waals surface area contributed by atoms with E-state index < -0.39 is 0 Å². The standard InChI is InChI=1S/C18H22N2O4/c1-3-23-18(22)20-10-8-13(9-11-20)19-17(21)16-12(2)24-15-7-5-4-6-14(15)16/h4-7,13H,3,8-11H2,1-2H3,(H,19,21). The molecule has 0 aliphatic carbocycles. The Balaban J connectivity index is 1.64. The minimum Gasteiger partial charge on any atom is -0.461 e. The average molecular weight is 330 g/mol. The average Bonchev–Trinajstić information content (AvgIpc) is 2.91. The van der Waals surface area contributed by atoms with Crippen LogP contribution in [0, 0.1) is 6.92 Å². The first-order valence-electron chi connectivity index (χ1n) is 8.30. The summed E-state index contributed by atoms with van der Waals surface area (Å²) in [6.45, 7) is 5.16. The molecule has 1 aliphatic rings. The van der Waals surface area contributed by atoms with Crippen molar-refractivity contribution in [1.29, 1.82) is 0 Å². The molecule has 0 unspecified atom stereocenters. The van der Waals surface area contributed by atoms with Gasteiger partial charge in [-0.2, -0.15) is 0 Å². The second-order valence-electron chi connectivity index (χ2n) is 5.96. The number of rotatable bonds is 3. The monoisotopic (exact) mass is 330 g/mol. The van der Waals surface area contributed by atoms with Crippen LogP contribution in [0.25, 0.3) is 11.0 Å². The van der Waals surface area contributed by atoms with Crippen LogP contribution < -0.4 is 5.32 Å². The first-order chi connectivity index (χ1) is 11.6. The highest BCUT2D eigenvalue weighted by Crippen LogP contribution is 2.25. The summed E-state index contributed by atoms with van der Waals surface area (Å²) in [5.74, 6) is 0.504. The summed E-state index contributed by atoms with van der Waals surface area (Å²) in [4.78, 5) is 26.0. The molecule has 6 heteroatoms. The summed E-state index contributed by atoms with van der Waals surface area (Å²) in [6.07, 6.45) is 1.16. The fraction of sp³-hybridized carbons (Fsp3) is 0.444. The third-order valence-electron chi connectivity index (χ3n) is 4.35. The Bertz CT molecular complexity index is 745. The summed E-state index contributed by atoms with van der Waals surface area (Å²) in [6, 6.07) is 7.58. The van der Waals surface area contributed by atoms with Crippen molar-refractivity contribution in [3.63, 3.8) is 0 Å². The zero-order valence-electron chi connectivity index (χ0n) is 14.0. The molecule has 1 aliphatic heterocycles. The number of carbonyl (C=O) groups excluding carboxylic acids is 2. The van der Waals surface area contributed by atoms with Gasteiger partial charge in [0.15, 0.2) is 0 Å². The Hall–Kier alpha value is -2.50. The molecular weight excluding hydrogens is 308 g/mol. The number of aryl methyl sites for hydroxylation is 1. The number of carbonyl (C=O) groups is 2. The molecule has 0 radical (unpaired) electrons. The number of fused-ring (bicyclic) bond motifs is 1. The lowest BCUT2D eigenvalue weighted by Gasteiger charge is -2.31. The molecule has 1 aromatic heterocycles. The quantitative estimate of drug-likeness (QED) is 0.939. The zero-order chi connectivity index (χ0) is 17.1. The van der Waals surface area contributed by atoms with Gasteiger partial charge in [-0.15, -0.1) is 0 Å². The van der Waals surface area contributed by atoms with Gasteiger partial charge in [0.1, 0.15) is 11.3 Å². The molecule has 1 saturated heterocycles. The minimum absolute atomic E-state index is 0.0521. The third-order valence-corrected chi connectivity index (χ3v) is 4.35. The summed E-state index contributed by atoms with van der Waals surface area (Å²) < 4.78 is 10.7. The van der Waals surface area contributed by atoms with Gasteiger partial charge in [-0.05, 0) is 32.8 Å². The van der Waals surface area contributed by atoms with Gasteiger partial charge in [0.05, 0.1) is 12.2 Å². The number of nitrogens with one attached hydrogen (secondary N) is 1. The number of piperidine rings is 1. The van der Waals surface area contributed by atoms with Gasteiger partial charge in [0.2, 0.25) is 0 Å². The van der Waals surface area contributed by atoms with E-state index in [2.05, 4.69) is 5.32 Å². The lowest BCUT2D eigenvalue weighted by Crippen LogP contribution is -2.46. The third kappa shape index (κ3) is 3.22. The second kappa shape index (κ2) is 6.95. The van der Waals surface area contributed by atoms with Crippen LogP contribution in [0.5, 0.6) is 0 Å². The molecule has 128 valence electrons. The maximum absolute atomic E-state index is 12.7. The molecule has 1 N–H and O–H groups in total. The SMILES string of the molecule is CCOC(=O)N1CCC(NC(=O)c2c(C)oc3ccccc23)CC1. The van der Waals surface area contributed by atoms with Crippen LogP contribution >= 0.6 is 0 Å². The Morgan fingerprint density at radius 1 is 1.29 bits per heavy atom. The number of para-hydroxylation sites is 1. The van der Waals surface area contributed by atoms with Crippen molar-refractivity contribution in [3.8, 4) is 0 Å². The topological polar surface area (TPSA) is 71.8 Å². The van der Waals surface area contributed by atoms with Crippen molar-refractivity contribution >= 4 is 23.0 Å². The van der Waals surface area contributed by atoms with E-state index in [0.29, 0.717) is 31.0 Å². The van der Waals surface area contributed by atoms with E-state index in [0.717, 1.165) is 23.8 Å². The van der Waals surface area contributed by atoms with Gasteiger partial charge in [0, 0.05) is 24.5 Å². The highest BCUT2D eigenvalue weighted by Gasteiger charge is 2.26. The van der Waals surface area contributed by atoms with E-state index in [1.165, 1.54) is 0 Å². The van der Waals surface area contributed by atoms with Crippen LogP contribution in [0.3, 0.4) is 0 Å². The van der Waals surface area contributed by atoms with E-state index in [1.54, 1.807) is 18.7 Å². The van der Waals surface area contributed by atoms with Gasteiger partial charge in [-0.3, -0.25) is 4.79 Å². The predicted molar refractivity (Wildman–Crippen MR) is 90.0 cm³/mol. The van der Waals surface area contributed by atoms with Crippen molar-refractivity contribution in [2.24, 2.45) is 0 Å². The van der Waals surface area contributed by atoms with Crippen molar-refractivity contribution < 1.29 is 18.7 Å². The number of nitrogens with zero attached hydrogens (tertiary/aromatic N) is 1. The zero-order valence-corrected chi connectivity index (χ0v) is 14.0. The molecule has 0 saturated carbocycles. The molecule has 0 bridgehead atoms. The first-order valence-corrected chi connectivity index (χ1v) is 8.30. The highest BCUT2D eigenvalue weighted by molar-refractivity contribution is 6.07. The molecule has 1 aromatic carbocycles. The van der Waals surface area contributed by atoms with E-state index in [9.17, 15) is 9.59 Å². The highest BCUT2D eigenvalue weighted by atomic mass is 16.6. The second-order valence-corrected chi connectivity index (χ2v) is 5.96. The number of hydrogen-bond acceptors (Lipinski definition) is 4. The van der Waals surface area contributed by atoms with Crippen LogP contribution in [0.4, 0.5) is 4.79 Å². The molecule has 2 aromatic rings. The lowest BCUT2D eigenvalue weighted by atomic mass is 10.0. The van der Waals surface area contributed by atoms with Gasteiger partial charge < -0.3 is 19.4 Å². The Morgan fingerprint density at radius 2 is 2.00 bits per heavy atom. The molecule has 2 heterocycles. The van der Waals surface area contributed by atoms with Gasteiger partial charge >= 0.3 is 6.09 Å².